The Balaban J connectivity index is 1.52. The van der Waals surface area contributed by atoms with Crippen molar-refractivity contribution in [1.29, 1.82) is 5.26 Å². The van der Waals surface area contributed by atoms with Crippen molar-refractivity contribution in [1.82, 2.24) is 5.32 Å². The Kier molecular flexibility index (Phi) is 7.56. The number of rotatable bonds is 8. The first-order valence-corrected chi connectivity index (χ1v) is 9.66. The lowest BCUT2D eigenvalue weighted by Crippen LogP contribution is -2.28. The average molecular weight is 411 g/mol. The third kappa shape index (κ3) is 6.87. The molecule has 0 radical (unpaired) electrons. The lowest BCUT2D eigenvalue weighted by Gasteiger charge is -2.08. The molecular formula is C25H21N3O3. The average Bonchev–Trinajstić information content (AvgIpc) is 2.82. The number of hydrogen-bond acceptors (Lipinski definition) is 4. The first-order chi connectivity index (χ1) is 15.1. The first kappa shape index (κ1) is 21.3. The van der Waals surface area contributed by atoms with Crippen molar-refractivity contribution in [3.05, 3.63) is 102 Å². The minimum absolute atomic E-state index is 0.0159. The third-order valence-electron chi connectivity index (χ3n) is 4.29. The minimum Gasteiger partial charge on any atom is -0.484 e. The molecule has 3 aromatic rings. The minimum atomic E-state index is -0.482. The SMILES string of the molecule is N#C/C(=C\c1ccc(OCC(=O)NCc2ccccc2)cc1)C(=O)Nc1ccccc1. The van der Waals surface area contributed by atoms with E-state index in [0.717, 1.165) is 5.56 Å². The zero-order chi connectivity index (χ0) is 21.9. The summed E-state index contributed by atoms with van der Waals surface area (Å²) in [5.74, 6) is -0.194. The summed E-state index contributed by atoms with van der Waals surface area (Å²) in [7, 11) is 0. The Hall–Kier alpha value is -4.37. The van der Waals surface area contributed by atoms with E-state index in [1.54, 1.807) is 48.5 Å². The molecule has 0 aliphatic heterocycles. The molecular weight excluding hydrogens is 390 g/mol. The van der Waals surface area contributed by atoms with E-state index in [1.165, 1.54) is 6.08 Å². The number of carbonyl (C=O) groups excluding carboxylic acids is 2. The summed E-state index contributed by atoms with van der Waals surface area (Å²) in [5, 5.41) is 14.8. The number of carbonyl (C=O) groups is 2. The Morgan fingerprint density at radius 3 is 2.19 bits per heavy atom. The molecule has 0 saturated carbocycles. The normalized spacial score (nSPS) is 10.6. The van der Waals surface area contributed by atoms with Crippen LogP contribution < -0.4 is 15.4 Å². The number of ether oxygens (including phenoxy) is 1. The molecule has 2 amide bonds. The summed E-state index contributed by atoms with van der Waals surface area (Å²) < 4.78 is 5.49. The molecule has 0 unspecified atom stereocenters. The maximum absolute atomic E-state index is 12.3. The molecule has 2 N–H and O–H groups in total. The molecule has 0 spiro atoms. The number of amides is 2. The van der Waals surface area contributed by atoms with E-state index in [-0.39, 0.29) is 18.1 Å². The van der Waals surface area contributed by atoms with E-state index in [4.69, 9.17) is 4.74 Å². The van der Waals surface area contributed by atoms with Gasteiger partial charge in [0, 0.05) is 12.2 Å². The highest BCUT2D eigenvalue weighted by Crippen LogP contribution is 2.15. The number of nitrogens with one attached hydrogen (secondary N) is 2. The van der Waals surface area contributed by atoms with Crippen molar-refractivity contribution in [2.45, 2.75) is 6.54 Å². The lowest BCUT2D eigenvalue weighted by molar-refractivity contribution is -0.123. The van der Waals surface area contributed by atoms with Crippen LogP contribution in [0, 0.1) is 11.3 Å². The summed E-state index contributed by atoms with van der Waals surface area (Å²) in [6.07, 6.45) is 1.49. The maximum atomic E-state index is 12.3. The second-order valence-corrected chi connectivity index (χ2v) is 6.61. The van der Waals surface area contributed by atoms with Crippen molar-refractivity contribution in [3.8, 4) is 11.8 Å². The van der Waals surface area contributed by atoms with Gasteiger partial charge in [0.05, 0.1) is 0 Å². The van der Waals surface area contributed by atoms with Crippen LogP contribution in [0.15, 0.2) is 90.5 Å². The summed E-state index contributed by atoms with van der Waals surface area (Å²) in [4.78, 5) is 24.2. The summed E-state index contributed by atoms with van der Waals surface area (Å²) in [5.41, 5.74) is 2.28. The summed E-state index contributed by atoms with van der Waals surface area (Å²) in [6, 6.07) is 27.2. The molecule has 154 valence electrons. The highest BCUT2D eigenvalue weighted by atomic mass is 16.5. The van der Waals surface area contributed by atoms with Gasteiger partial charge in [0.25, 0.3) is 11.8 Å². The van der Waals surface area contributed by atoms with Crippen molar-refractivity contribution in [3.63, 3.8) is 0 Å². The fourth-order valence-corrected chi connectivity index (χ4v) is 2.69. The van der Waals surface area contributed by atoms with E-state index >= 15 is 0 Å². The molecule has 3 rings (SSSR count). The fourth-order valence-electron chi connectivity index (χ4n) is 2.69. The van der Waals surface area contributed by atoms with E-state index < -0.39 is 5.91 Å². The third-order valence-corrected chi connectivity index (χ3v) is 4.29. The molecule has 3 aromatic carbocycles. The molecule has 6 nitrogen and oxygen atoms in total. The first-order valence-electron chi connectivity index (χ1n) is 9.66. The predicted octanol–water partition coefficient (Wildman–Crippen LogP) is 3.93. The van der Waals surface area contributed by atoms with Crippen LogP contribution in [0.3, 0.4) is 0 Å². The van der Waals surface area contributed by atoms with Crippen LogP contribution in [-0.2, 0) is 16.1 Å². The summed E-state index contributed by atoms with van der Waals surface area (Å²) >= 11 is 0. The summed E-state index contributed by atoms with van der Waals surface area (Å²) in [6.45, 7) is 0.333. The number of benzene rings is 3. The Labute approximate surface area is 180 Å². The highest BCUT2D eigenvalue weighted by molar-refractivity contribution is 6.09. The van der Waals surface area contributed by atoms with Crippen molar-refractivity contribution in [2.75, 3.05) is 11.9 Å². The van der Waals surface area contributed by atoms with Gasteiger partial charge in [-0.1, -0.05) is 60.7 Å². The molecule has 0 heterocycles. The molecule has 0 atom stereocenters. The molecule has 0 aliphatic carbocycles. The lowest BCUT2D eigenvalue weighted by atomic mass is 10.1. The van der Waals surface area contributed by atoms with Crippen molar-refractivity contribution in [2.24, 2.45) is 0 Å². The molecule has 0 saturated heterocycles. The van der Waals surface area contributed by atoms with Crippen LogP contribution >= 0.6 is 0 Å². The van der Waals surface area contributed by atoms with Crippen molar-refractivity contribution >= 4 is 23.6 Å². The van der Waals surface area contributed by atoms with Crippen LogP contribution in [-0.4, -0.2) is 18.4 Å². The topological polar surface area (TPSA) is 91.2 Å². The van der Waals surface area contributed by atoms with Crippen LogP contribution in [0.2, 0.25) is 0 Å². The van der Waals surface area contributed by atoms with Crippen LogP contribution in [0.4, 0.5) is 5.69 Å². The van der Waals surface area contributed by atoms with Gasteiger partial charge in [-0.15, -0.1) is 0 Å². The van der Waals surface area contributed by atoms with E-state index in [0.29, 0.717) is 23.5 Å². The molecule has 0 aliphatic rings. The molecule has 0 bridgehead atoms. The maximum Gasteiger partial charge on any atom is 0.266 e. The van der Waals surface area contributed by atoms with E-state index in [2.05, 4.69) is 10.6 Å². The molecule has 0 aromatic heterocycles. The van der Waals surface area contributed by atoms with Crippen LogP contribution in [0.1, 0.15) is 11.1 Å². The van der Waals surface area contributed by atoms with Crippen molar-refractivity contribution < 1.29 is 14.3 Å². The predicted molar refractivity (Wildman–Crippen MR) is 119 cm³/mol. The zero-order valence-electron chi connectivity index (χ0n) is 16.7. The van der Waals surface area contributed by atoms with E-state index in [9.17, 15) is 14.9 Å². The van der Waals surface area contributed by atoms with Crippen LogP contribution in [0.5, 0.6) is 5.75 Å². The van der Waals surface area contributed by atoms with Crippen LogP contribution in [0.25, 0.3) is 6.08 Å². The van der Waals surface area contributed by atoms with Gasteiger partial charge in [-0.25, -0.2) is 0 Å². The Bertz CT molecular complexity index is 1090. The van der Waals surface area contributed by atoms with Gasteiger partial charge >= 0.3 is 0 Å². The smallest absolute Gasteiger partial charge is 0.266 e. The standard InChI is InChI=1S/C25H21N3O3/c26-16-21(25(30)28-22-9-5-2-6-10-22)15-19-11-13-23(14-12-19)31-18-24(29)27-17-20-7-3-1-4-8-20/h1-15H,17-18H2,(H,27,29)(H,28,30)/b21-15+. The van der Waals surface area contributed by atoms with E-state index in [1.807, 2.05) is 42.5 Å². The Morgan fingerprint density at radius 2 is 1.55 bits per heavy atom. The highest BCUT2D eigenvalue weighted by Gasteiger charge is 2.09. The quantitative estimate of drug-likeness (QED) is 0.434. The van der Waals surface area contributed by atoms with Gasteiger partial charge in [0.1, 0.15) is 17.4 Å². The van der Waals surface area contributed by atoms with Gasteiger partial charge in [0.2, 0.25) is 0 Å². The number of hydrogen-bond donors (Lipinski definition) is 2. The second-order valence-electron chi connectivity index (χ2n) is 6.61. The largest absolute Gasteiger partial charge is 0.484 e. The van der Waals surface area contributed by atoms with Gasteiger partial charge in [-0.3, -0.25) is 9.59 Å². The number of nitrogens with zero attached hydrogens (tertiary/aromatic N) is 1. The van der Waals surface area contributed by atoms with Gasteiger partial charge < -0.3 is 15.4 Å². The zero-order valence-corrected chi connectivity index (χ0v) is 16.7. The van der Waals surface area contributed by atoms with Gasteiger partial charge in [-0.05, 0) is 41.5 Å². The molecule has 31 heavy (non-hydrogen) atoms. The number of nitriles is 1. The fraction of sp³-hybridized carbons (Fsp3) is 0.0800. The molecule has 0 fully saturated rings. The monoisotopic (exact) mass is 411 g/mol. The number of para-hydroxylation sites is 1. The molecule has 6 heteroatoms. The van der Waals surface area contributed by atoms with Gasteiger partial charge in [-0.2, -0.15) is 5.26 Å². The second kappa shape index (κ2) is 11.0. The Morgan fingerprint density at radius 1 is 0.903 bits per heavy atom. The van der Waals surface area contributed by atoms with Gasteiger partial charge in [0.15, 0.2) is 6.61 Å². The number of anilines is 1.